The molecule has 0 aliphatic rings. The summed E-state index contributed by atoms with van der Waals surface area (Å²) >= 11 is 0.809. The fourth-order valence-electron chi connectivity index (χ4n) is 3.40. The van der Waals surface area contributed by atoms with Gasteiger partial charge >= 0.3 is 6.18 Å². The molecule has 0 saturated heterocycles. The monoisotopic (exact) mass is 474 g/mol. The molecule has 3 heterocycles. The number of pyridine rings is 1. The highest BCUT2D eigenvalue weighted by Gasteiger charge is 2.39. The number of thiazole rings is 1. The van der Waals surface area contributed by atoms with E-state index in [0.29, 0.717) is 11.4 Å². The molecule has 0 aliphatic carbocycles. The molecule has 2 N–H and O–H groups in total. The number of hydrogen-bond donors (Lipinski definition) is 2. The molecule has 1 aromatic carbocycles. The lowest BCUT2D eigenvalue weighted by Crippen LogP contribution is -2.07. The summed E-state index contributed by atoms with van der Waals surface area (Å²) in [7, 11) is 0. The van der Waals surface area contributed by atoms with Crippen LogP contribution in [0.5, 0.6) is 11.6 Å². The van der Waals surface area contributed by atoms with Crippen molar-refractivity contribution in [3.8, 4) is 22.3 Å². The van der Waals surface area contributed by atoms with Crippen LogP contribution < -0.4 is 10.1 Å². The predicted octanol–water partition coefficient (Wildman–Crippen LogP) is 6.78. The molecule has 1 unspecified atom stereocenters. The van der Waals surface area contributed by atoms with Crippen LogP contribution >= 0.6 is 11.3 Å². The van der Waals surface area contributed by atoms with Crippen LogP contribution in [0.3, 0.4) is 0 Å². The lowest BCUT2D eigenvalue weighted by atomic mass is 9.96. The molecule has 0 amide bonds. The van der Waals surface area contributed by atoms with Gasteiger partial charge in [-0.3, -0.25) is 5.10 Å². The molecule has 0 radical (unpaired) electrons. The fraction of sp³-hybridized carbons (Fsp3) is 0.273. The van der Waals surface area contributed by atoms with Crippen LogP contribution in [0.2, 0.25) is 0 Å². The molecular formula is C22H21F3N6OS. The molecule has 7 nitrogen and oxygen atoms in total. The number of alkyl halides is 3. The zero-order chi connectivity index (χ0) is 23.4. The second-order valence-electron chi connectivity index (χ2n) is 7.34. The quantitative estimate of drug-likeness (QED) is 0.293. The highest BCUT2D eigenvalue weighted by molar-refractivity contribution is 7.19. The smallest absolute Gasteiger partial charge is 0.435 e. The number of nitrogens with one attached hydrogen (secondary N) is 2. The van der Waals surface area contributed by atoms with E-state index in [4.69, 9.17) is 4.74 Å². The van der Waals surface area contributed by atoms with Crippen LogP contribution in [0.1, 0.15) is 43.9 Å². The Morgan fingerprint density at radius 2 is 1.97 bits per heavy atom. The van der Waals surface area contributed by atoms with E-state index in [-0.39, 0.29) is 27.6 Å². The number of H-pyrrole nitrogens is 1. The molecular weight excluding hydrogens is 453 g/mol. The SMILES string of the molecule is CCCC(C)c1ccccc1Oc1ncccc1Nc1nc(C(F)(F)F)c(-c2ncn[nH]2)s1. The molecule has 33 heavy (non-hydrogen) atoms. The van der Waals surface area contributed by atoms with Gasteiger partial charge in [0.25, 0.3) is 0 Å². The minimum absolute atomic E-state index is 0.00521. The number of aromatic nitrogens is 5. The summed E-state index contributed by atoms with van der Waals surface area (Å²) in [6.45, 7) is 4.25. The normalized spacial score (nSPS) is 12.5. The Labute approximate surface area is 192 Å². The van der Waals surface area contributed by atoms with Crippen LogP contribution in [0.25, 0.3) is 10.7 Å². The zero-order valence-corrected chi connectivity index (χ0v) is 18.7. The van der Waals surface area contributed by atoms with Crippen molar-refractivity contribution in [1.82, 2.24) is 25.1 Å². The average Bonchev–Trinajstić information content (AvgIpc) is 3.45. The van der Waals surface area contributed by atoms with E-state index in [1.54, 1.807) is 18.3 Å². The van der Waals surface area contributed by atoms with Gasteiger partial charge in [-0.05, 0) is 36.1 Å². The van der Waals surface area contributed by atoms with E-state index < -0.39 is 11.9 Å². The first-order chi connectivity index (χ1) is 15.9. The number of ether oxygens (including phenoxy) is 1. The molecule has 0 aliphatic heterocycles. The zero-order valence-electron chi connectivity index (χ0n) is 17.8. The number of aromatic amines is 1. The van der Waals surface area contributed by atoms with E-state index in [0.717, 1.165) is 36.1 Å². The molecule has 4 aromatic rings. The van der Waals surface area contributed by atoms with Gasteiger partial charge in [-0.25, -0.2) is 15.0 Å². The number of benzene rings is 1. The molecule has 0 bridgehead atoms. The highest BCUT2D eigenvalue weighted by atomic mass is 32.1. The predicted molar refractivity (Wildman–Crippen MR) is 120 cm³/mol. The molecule has 11 heteroatoms. The summed E-state index contributed by atoms with van der Waals surface area (Å²) in [5, 5.41) is 9.04. The van der Waals surface area contributed by atoms with Gasteiger partial charge in [0.1, 0.15) is 22.6 Å². The maximum atomic E-state index is 13.6. The number of rotatable bonds is 8. The summed E-state index contributed by atoms with van der Waals surface area (Å²) in [5.41, 5.74) is 0.385. The molecule has 172 valence electrons. The van der Waals surface area contributed by atoms with Gasteiger partial charge in [0, 0.05) is 6.20 Å². The number of nitrogens with zero attached hydrogens (tertiary/aromatic N) is 4. The number of para-hydroxylation sites is 1. The third-order valence-corrected chi connectivity index (χ3v) is 5.89. The van der Waals surface area contributed by atoms with E-state index in [2.05, 4.69) is 44.3 Å². The molecule has 3 aromatic heterocycles. The Hall–Kier alpha value is -3.47. The van der Waals surface area contributed by atoms with Crippen molar-refractivity contribution < 1.29 is 17.9 Å². The van der Waals surface area contributed by atoms with Gasteiger partial charge in [0.15, 0.2) is 16.6 Å². The molecule has 1 atom stereocenters. The Bertz CT molecular complexity index is 1210. The van der Waals surface area contributed by atoms with Crippen molar-refractivity contribution >= 4 is 22.2 Å². The Balaban J connectivity index is 1.65. The van der Waals surface area contributed by atoms with Crippen molar-refractivity contribution in [2.24, 2.45) is 0 Å². The highest BCUT2D eigenvalue weighted by Crippen LogP contribution is 2.42. The molecule has 4 rings (SSSR count). The third-order valence-electron chi connectivity index (χ3n) is 4.92. The molecule has 0 fully saturated rings. The first-order valence-corrected chi connectivity index (χ1v) is 11.1. The van der Waals surface area contributed by atoms with Gasteiger partial charge < -0.3 is 10.1 Å². The van der Waals surface area contributed by atoms with Crippen LogP contribution in [0, 0.1) is 0 Å². The van der Waals surface area contributed by atoms with Crippen molar-refractivity contribution in [1.29, 1.82) is 0 Å². The first-order valence-electron chi connectivity index (χ1n) is 10.3. The second-order valence-corrected chi connectivity index (χ2v) is 8.34. The minimum atomic E-state index is -4.65. The van der Waals surface area contributed by atoms with Crippen molar-refractivity contribution in [2.45, 2.75) is 38.8 Å². The lowest BCUT2D eigenvalue weighted by Gasteiger charge is -2.17. The summed E-state index contributed by atoms with van der Waals surface area (Å²) in [6.07, 6.45) is 0.0809. The maximum Gasteiger partial charge on any atom is 0.435 e. The van der Waals surface area contributed by atoms with Crippen molar-refractivity contribution in [2.75, 3.05) is 5.32 Å². The topological polar surface area (TPSA) is 88.6 Å². The van der Waals surface area contributed by atoms with Gasteiger partial charge in [0.05, 0.1) is 0 Å². The van der Waals surface area contributed by atoms with Crippen LogP contribution in [-0.4, -0.2) is 25.1 Å². The Morgan fingerprint density at radius 3 is 2.70 bits per heavy atom. The number of hydrogen-bond acceptors (Lipinski definition) is 7. The number of anilines is 2. The summed E-state index contributed by atoms with van der Waals surface area (Å²) < 4.78 is 46.8. The summed E-state index contributed by atoms with van der Waals surface area (Å²) in [5.74, 6) is 1.16. The average molecular weight is 475 g/mol. The van der Waals surface area contributed by atoms with E-state index in [1.165, 1.54) is 0 Å². The van der Waals surface area contributed by atoms with Crippen LogP contribution in [-0.2, 0) is 6.18 Å². The summed E-state index contributed by atoms with van der Waals surface area (Å²) in [4.78, 5) is 11.7. The van der Waals surface area contributed by atoms with Gasteiger partial charge in [-0.2, -0.15) is 18.3 Å². The molecule has 0 saturated carbocycles. The molecule has 0 spiro atoms. The van der Waals surface area contributed by atoms with Crippen molar-refractivity contribution in [3.05, 3.63) is 60.2 Å². The third kappa shape index (κ3) is 5.14. The lowest BCUT2D eigenvalue weighted by molar-refractivity contribution is -0.140. The van der Waals surface area contributed by atoms with Crippen molar-refractivity contribution in [3.63, 3.8) is 0 Å². The van der Waals surface area contributed by atoms with Crippen LogP contribution in [0.15, 0.2) is 48.9 Å². The Morgan fingerprint density at radius 1 is 1.15 bits per heavy atom. The minimum Gasteiger partial charge on any atom is -0.437 e. The fourth-order valence-corrected chi connectivity index (χ4v) is 4.34. The second kappa shape index (κ2) is 9.57. The standard InChI is InChI=1S/C22H21F3N6OS/c1-3-7-13(2)14-8-4-5-10-16(14)32-20-15(9-6-11-26-20)29-21-30-18(22(23,24)25)17(33-21)19-27-12-28-31-19/h4-6,8-13H,3,7H2,1-2H3,(H,29,30)(H,27,28,31). The first kappa shape index (κ1) is 22.7. The van der Waals surface area contributed by atoms with E-state index in [9.17, 15) is 13.2 Å². The maximum absolute atomic E-state index is 13.6. The van der Waals surface area contributed by atoms with Gasteiger partial charge in [0.2, 0.25) is 5.88 Å². The van der Waals surface area contributed by atoms with E-state index in [1.807, 2.05) is 24.3 Å². The Kier molecular flexibility index (Phi) is 6.59. The van der Waals surface area contributed by atoms with E-state index >= 15 is 0 Å². The number of halogens is 3. The van der Waals surface area contributed by atoms with Gasteiger partial charge in [-0.15, -0.1) is 0 Å². The van der Waals surface area contributed by atoms with Gasteiger partial charge in [-0.1, -0.05) is 49.8 Å². The van der Waals surface area contributed by atoms with Crippen LogP contribution in [0.4, 0.5) is 24.0 Å². The largest absolute Gasteiger partial charge is 0.437 e. The summed E-state index contributed by atoms with van der Waals surface area (Å²) in [6, 6.07) is 11.0.